The van der Waals surface area contributed by atoms with E-state index in [2.05, 4.69) is 6.92 Å². The average molecular weight is 340 g/mol. The number of aliphatic imine (C=N–C) groups is 1. The van der Waals surface area contributed by atoms with Gasteiger partial charge in [0.1, 0.15) is 5.75 Å². The van der Waals surface area contributed by atoms with E-state index < -0.39 is 0 Å². The van der Waals surface area contributed by atoms with Crippen molar-refractivity contribution in [2.24, 2.45) is 4.99 Å². The Hall–Kier alpha value is -2.27. The van der Waals surface area contributed by atoms with E-state index in [-0.39, 0.29) is 5.91 Å². The van der Waals surface area contributed by atoms with E-state index in [9.17, 15) is 4.79 Å². The number of aryl methyl sites for hydroxylation is 1. The molecule has 1 fully saturated rings. The number of methoxy groups -OCH3 is 1. The fourth-order valence-corrected chi connectivity index (χ4v) is 3.62. The van der Waals surface area contributed by atoms with Gasteiger partial charge in [-0.15, -0.1) is 0 Å². The van der Waals surface area contributed by atoms with Crippen LogP contribution in [0.4, 0.5) is 5.69 Å². The van der Waals surface area contributed by atoms with Crippen molar-refractivity contribution >= 4 is 28.5 Å². The van der Waals surface area contributed by atoms with Crippen molar-refractivity contribution < 1.29 is 9.53 Å². The first-order valence-corrected chi connectivity index (χ1v) is 8.72. The van der Waals surface area contributed by atoms with Gasteiger partial charge in [-0.3, -0.25) is 9.69 Å². The number of hydrogen-bond donors (Lipinski definition) is 0. The summed E-state index contributed by atoms with van der Waals surface area (Å²) in [6.07, 6.45) is 0. The zero-order valence-corrected chi connectivity index (χ0v) is 14.8. The number of carbonyl (C=O) groups is 1. The second kappa shape index (κ2) is 7.09. The van der Waals surface area contributed by atoms with Crippen LogP contribution in [0.5, 0.6) is 5.75 Å². The summed E-state index contributed by atoms with van der Waals surface area (Å²) in [5.74, 6) is 0.634. The Bertz CT molecular complexity index is 788. The van der Waals surface area contributed by atoms with Crippen molar-refractivity contribution in [1.82, 2.24) is 4.90 Å². The zero-order valence-electron chi connectivity index (χ0n) is 14.0. The summed E-state index contributed by atoms with van der Waals surface area (Å²) in [4.78, 5) is 19.4. The van der Waals surface area contributed by atoms with Crippen molar-refractivity contribution in [3.63, 3.8) is 0 Å². The molecule has 0 radical (unpaired) electrons. The summed E-state index contributed by atoms with van der Waals surface area (Å²) in [7, 11) is 1.60. The minimum absolute atomic E-state index is 0.0443. The molecule has 0 unspecified atom stereocenters. The number of nitrogens with zero attached hydrogens (tertiary/aromatic N) is 2. The van der Waals surface area contributed by atoms with Gasteiger partial charge in [0.05, 0.1) is 12.8 Å². The molecule has 1 heterocycles. The van der Waals surface area contributed by atoms with Gasteiger partial charge in [0.15, 0.2) is 5.17 Å². The molecule has 1 aliphatic rings. The standard InChI is InChI=1S/C19H20N2O2S/c1-13-6-4-8-16(10-13)20-19-21(12-14(2)24-19)18(22)15-7-5-9-17(11-15)23-3/h4-11,14H,12H2,1-3H3/t14-/m0/s1. The largest absolute Gasteiger partial charge is 0.497 e. The molecule has 3 rings (SSSR count). The van der Waals surface area contributed by atoms with E-state index in [0.717, 1.165) is 16.4 Å². The molecule has 24 heavy (non-hydrogen) atoms. The lowest BCUT2D eigenvalue weighted by Gasteiger charge is -2.16. The third-order valence-corrected chi connectivity index (χ3v) is 4.84. The van der Waals surface area contributed by atoms with Crippen LogP contribution in [0, 0.1) is 6.92 Å². The van der Waals surface area contributed by atoms with Gasteiger partial charge in [-0.25, -0.2) is 4.99 Å². The van der Waals surface area contributed by atoms with Crippen LogP contribution in [0.1, 0.15) is 22.8 Å². The van der Waals surface area contributed by atoms with Gasteiger partial charge in [0.2, 0.25) is 0 Å². The maximum absolute atomic E-state index is 12.9. The van der Waals surface area contributed by atoms with E-state index in [0.29, 0.717) is 23.1 Å². The van der Waals surface area contributed by atoms with Crippen LogP contribution < -0.4 is 4.74 Å². The van der Waals surface area contributed by atoms with Crippen molar-refractivity contribution in [3.8, 4) is 5.75 Å². The van der Waals surface area contributed by atoms with Crippen molar-refractivity contribution in [2.45, 2.75) is 19.1 Å². The molecular weight excluding hydrogens is 320 g/mol. The van der Waals surface area contributed by atoms with Gasteiger partial charge < -0.3 is 4.74 Å². The minimum Gasteiger partial charge on any atom is -0.497 e. The Morgan fingerprint density at radius 1 is 1.25 bits per heavy atom. The normalized spacial score (nSPS) is 18.9. The summed E-state index contributed by atoms with van der Waals surface area (Å²) >= 11 is 1.63. The van der Waals surface area contributed by atoms with Gasteiger partial charge in [-0.1, -0.05) is 36.9 Å². The van der Waals surface area contributed by atoms with Crippen molar-refractivity contribution in [3.05, 3.63) is 59.7 Å². The van der Waals surface area contributed by atoms with Gasteiger partial charge >= 0.3 is 0 Å². The predicted molar refractivity (Wildman–Crippen MR) is 99.4 cm³/mol. The lowest BCUT2D eigenvalue weighted by Crippen LogP contribution is -2.32. The number of benzene rings is 2. The van der Waals surface area contributed by atoms with Crippen LogP contribution in [0.25, 0.3) is 0 Å². The SMILES string of the molecule is COc1cccc(C(=O)N2C[C@H](C)SC2=Nc2cccc(C)c2)c1. The molecule has 0 spiro atoms. The number of amides is 1. The minimum atomic E-state index is -0.0443. The Balaban J connectivity index is 1.91. The van der Waals surface area contributed by atoms with E-state index >= 15 is 0 Å². The second-order valence-corrected chi connectivity index (χ2v) is 7.22. The topological polar surface area (TPSA) is 41.9 Å². The fourth-order valence-electron chi connectivity index (χ4n) is 2.59. The number of rotatable bonds is 3. The molecule has 0 aliphatic carbocycles. The third-order valence-electron chi connectivity index (χ3n) is 3.77. The van der Waals surface area contributed by atoms with Crippen LogP contribution >= 0.6 is 11.8 Å². The number of carbonyl (C=O) groups excluding carboxylic acids is 1. The van der Waals surface area contributed by atoms with Crippen LogP contribution in [-0.4, -0.2) is 34.9 Å². The monoisotopic (exact) mass is 340 g/mol. The second-order valence-electron chi connectivity index (χ2n) is 5.81. The van der Waals surface area contributed by atoms with E-state index in [1.165, 1.54) is 0 Å². The molecule has 1 atom stereocenters. The molecule has 0 bridgehead atoms. The number of ether oxygens (including phenoxy) is 1. The first-order valence-electron chi connectivity index (χ1n) is 7.85. The van der Waals surface area contributed by atoms with Gasteiger partial charge in [-0.05, 0) is 42.8 Å². The van der Waals surface area contributed by atoms with Crippen molar-refractivity contribution in [1.29, 1.82) is 0 Å². The zero-order chi connectivity index (χ0) is 17.1. The van der Waals surface area contributed by atoms with Crippen LogP contribution in [0.3, 0.4) is 0 Å². The van der Waals surface area contributed by atoms with E-state index in [4.69, 9.17) is 9.73 Å². The maximum atomic E-state index is 12.9. The number of amidine groups is 1. The quantitative estimate of drug-likeness (QED) is 0.838. The maximum Gasteiger partial charge on any atom is 0.260 e. The molecule has 4 nitrogen and oxygen atoms in total. The number of thioether (sulfide) groups is 1. The molecule has 0 saturated carbocycles. The summed E-state index contributed by atoms with van der Waals surface area (Å²) in [6.45, 7) is 4.80. The molecule has 124 valence electrons. The molecule has 0 aromatic heterocycles. The molecule has 2 aromatic rings. The van der Waals surface area contributed by atoms with Gasteiger partial charge in [-0.2, -0.15) is 0 Å². The molecular formula is C19H20N2O2S. The average Bonchev–Trinajstić information content (AvgIpc) is 2.94. The summed E-state index contributed by atoms with van der Waals surface area (Å²) in [5, 5.41) is 1.07. The lowest BCUT2D eigenvalue weighted by molar-refractivity contribution is 0.0855. The first-order chi connectivity index (χ1) is 11.6. The third kappa shape index (κ3) is 3.62. The predicted octanol–water partition coefficient (Wildman–Crippen LogP) is 4.27. The molecule has 5 heteroatoms. The Labute approximate surface area is 146 Å². The molecule has 1 amide bonds. The highest BCUT2D eigenvalue weighted by molar-refractivity contribution is 8.14. The molecule has 1 aliphatic heterocycles. The Kier molecular flexibility index (Phi) is 4.90. The van der Waals surface area contributed by atoms with Crippen LogP contribution in [-0.2, 0) is 0 Å². The number of hydrogen-bond acceptors (Lipinski definition) is 4. The summed E-state index contributed by atoms with van der Waals surface area (Å²) < 4.78 is 5.22. The summed E-state index contributed by atoms with van der Waals surface area (Å²) in [6, 6.07) is 15.2. The highest BCUT2D eigenvalue weighted by atomic mass is 32.2. The highest BCUT2D eigenvalue weighted by Crippen LogP contribution is 2.30. The molecule has 1 saturated heterocycles. The van der Waals surface area contributed by atoms with E-state index in [1.54, 1.807) is 29.8 Å². The van der Waals surface area contributed by atoms with Gasteiger partial charge in [0.25, 0.3) is 5.91 Å². The Morgan fingerprint density at radius 2 is 2.04 bits per heavy atom. The van der Waals surface area contributed by atoms with Crippen LogP contribution in [0.2, 0.25) is 0 Å². The first kappa shape index (κ1) is 16.6. The van der Waals surface area contributed by atoms with E-state index in [1.807, 2.05) is 49.4 Å². The lowest BCUT2D eigenvalue weighted by atomic mass is 10.2. The van der Waals surface area contributed by atoms with Crippen molar-refractivity contribution in [2.75, 3.05) is 13.7 Å². The Morgan fingerprint density at radius 3 is 2.79 bits per heavy atom. The smallest absolute Gasteiger partial charge is 0.260 e. The summed E-state index contributed by atoms with van der Waals surface area (Å²) in [5.41, 5.74) is 2.63. The van der Waals surface area contributed by atoms with Gasteiger partial charge in [0, 0.05) is 17.4 Å². The molecule has 0 N–H and O–H groups in total. The van der Waals surface area contributed by atoms with Crippen LogP contribution in [0.15, 0.2) is 53.5 Å². The fraction of sp³-hybridized carbons (Fsp3) is 0.263. The molecule has 2 aromatic carbocycles. The highest BCUT2D eigenvalue weighted by Gasteiger charge is 2.31.